The highest BCUT2D eigenvalue weighted by Crippen LogP contribution is 2.12. The van der Waals surface area contributed by atoms with E-state index in [1.165, 1.54) is 0 Å². The largest absolute Gasteiger partial charge is 0.462 e. The van der Waals surface area contributed by atoms with E-state index in [1.54, 1.807) is 36.4 Å². The van der Waals surface area contributed by atoms with Gasteiger partial charge in [-0.25, -0.2) is 4.79 Å². The van der Waals surface area contributed by atoms with Crippen molar-refractivity contribution in [2.24, 2.45) is 0 Å². The van der Waals surface area contributed by atoms with E-state index in [-0.39, 0.29) is 11.8 Å². The van der Waals surface area contributed by atoms with Gasteiger partial charge in [-0.05, 0) is 18.6 Å². The van der Waals surface area contributed by atoms with Gasteiger partial charge in [0.05, 0.1) is 12.2 Å². The fourth-order valence-corrected chi connectivity index (χ4v) is 2.11. The molecule has 0 heterocycles. The maximum atomic E-state index is 12.3. The lowest BCUT2D eigenvalue weighted by molar-refractivity contribution is 0.0498. The SMILES string of the molecule is CCCCCOC(=O)c1ccc(C(=O)c2ccccc2)cc1. The van der Waals surface area contributed by atoms with Crippen LogP contribution in [0, 0.1) is 0 Å². The Morgan fingerprint density at radius 3 is 2.05 bits per heavy atom. The Balaban J connectivity index is 1.98. The first-order chi connectivity index (χ1) is 10.7. The molecule has 0 amide bonds. The van der Waals surface area contributed by atoms with Crippen molar-refractivity contribution in [3.8, 4) is 0 Å². The summed E-state index contributed by atoms with van der Waals surface area (Å²) in [4.78, 5) is 24.1. The molecule has 3 nitrogen and oxygen atoms in total. The van der Waals surface area contributed by atoms with Crippen molar-refractivity contribution in [2.75, 3.05) is 6.61 Å². The third-order valence-electron chi connectivity index (χ3n) is 3.40. The van der Waals surface area contributed by atoms with Crippen molar-refractivity contribution in [3.05, 3.63) is 71.3 Å². The number of esters is 1. The average Bonchev–Trinajstić information content (AvgIpc) is 2.59. The second-order valence-electron chi connectivity index (χ2n) is 5.12. The van der Waals surface area contributed by atoms with Crippen LogP contribution in [0.1, 0.15) is 52.5 Å². The van der Waals surface area contributed by atoms with Crippen molar-refractivity contribution in [3.63, 3.8) is 0 Å². The van der Waals surface area contributed by atoms with Crippen LogP contribution in [0.5, 0.6) is 0 Å². The third-order valence-corrected chi connectivity index (χ3v) is 3.40. The summed E-state index contributed by atoms with van der Waals surface area (Å²) in [5.74, 6) is -0.390. The standard InChI is InChI=1S/C19H20O3/c1-2-3-7-14-22-19(21)17-12-10-16(11-13-17)18(20)15-8-5-4-6-9-15/h4-6,8-13H,2-3,7,14H2,1H3. The molecule has 2 aromatic rings. The van der Waals surface area contributed by atoms with E-state index < -0.39 is 0 Å². The predicted molar refractivity (Wildman–Crippen MR) is 86.1 cm³/mol. The number of rotatable bonds is 7. The first-order valence-electron chi connectivity index (χ1n) is 7.59. The Kier molecular flexibility index (Phi) is 5.90. The van der Waals surface area contributed by atoms with Crippen LogP contribution < -0.4 is 0 Å². The number of ketones is 1. The molecule has 0 aliphatic carbocycles. The Bertz CT molecular complexity index is 615. The fraction of sp³-hybridized carbons (Fsp3) is 0.263. The zero-order valence-electron chi connectivity index (χ0n) is 12.7. The molecular weight excluding hydrogens is 276 g/mol. The smallest absolute Gasteiger partial charge is 0.338 e. The molecular formula is C19H20O3. The van der Waals surface area contributed by atoms with Gasteiger partial charge in [0, 0.05) is 11.1 Å². The molecule has 2 aromatic carbocycles. The summed E-state index contributed by atoms with van der Waals surface area (Å²) in [6.07, 6.45) is 3.03. The first-order valence-corrected chi connectivity index (χ1v) is 7.59. The first kappa shape index (κ1) is 16.0. The van der Waals surface area contributed by atoms with Crippen molar-refractivity contribution < 1.29 is 14.3 Å². The summed E-state index contributed by atoms with van der Waals surface area (Å²) in [7, 11) is 0. The molecule has 0 aliphatic rings. The van der Waals surface area contributed by atoms with Crippen LogP contribution in [0.3, 0.4) is 0 Å². The van der Waals surface area contributed by atoms with Crippen LogP contribution in [0.25, 0.3) is 0 Å². The fourth-order valence-electron chi connectivity index (χ4n) is 2.11. The quantitative estimate of drug-likeness (QED) is 0.435. The molecule has 0 saturated carbocycles. The molecule has 0 spiro atoms. The number of benzene rings is 2. The van der Waals surface area contributed by atoms with Crippen LogP contribution in [-0.2, 0) is 4.74 Å². The molecule has 2 rings (SSSR count). The summed E-state index contributed by atoms with van der Waals surface area (Å²) in [6, 6.07) is 15.7. The molecule has 22 heavy (non-hydrogen) atoms. The summed E-state index contributed by atoms with van der Waals surface area (Å²) in [5, 5.41) is 0. The van der Waals surface area contributed by atoms with Gasteiger partial charge in [0.1, 0.15) is 0 Å². The van der Waals surface area contributed by atoms with Gasteiger partial charge in [-0.3, -0.25) is 4.79 Å². The number of hydrogen-bond donors (Lipinski definition) is 0. The lowest BCUT2D eigenvalue weighted by Crippen LogP contribution is -2.07. The number of unbranched alkanes of at least 4 members (excludes halogenated alkanes) is 2. The van der Waals surface area contributed by atoms with Crippen molar-refractivity contribution in [1.82, 2.24) is 0 Å². The normalized spacial score (nSPS) is 10.2. The van der Waals surface area contributed by atoms with Crippen LogP contribution in [-0.4, -0.2) is 18.4 Å². The highest BCUT2D eigenvalue weighted by molar-refractivity contribution is 6.09. The number of carbonyl (C=O) groups is 2. The molecule has 0 N–H and O–H groups in total. The molecule has 114 valence electrons. The molecule has 0 unspecified atom stereocenters. The minimum Gasteiger partial charge on any atom is -0.462 e. The second-order valence-corrected chi connectivity index (χ2v) is 5.12. The third kappa shape index (κ3) is 4.29. The molecule has 0 radical (unpaired) electrons. The average molecular weight is 296 g/mol. The minimum absolute atomic E-state index is 0.0523. The monoisotopic (exact) mass is 296 g/mol. The van der Waals surface area contributed by atoms with Gasteiger partial charge in [-0.15, -0.1) is 0 Å². The van der Waals surface area contributed by atoms with Gasteiger partial charge in [0.2, 0.25) is 0 Å². The molecule has 3 heteroatoms. The molecule has 0 aromatic heterocycles. The van der Waals surface area contributed by atoms with E-state index in [0.717, 1.165) is 19.3 Å². The molecule has 0 atom stereocenters. The van der Waals surface area contributed by atoms with Gasteiger partial charge >= 0.3 is 5.97 Å². The van der Waals surface area contributed by atoms with Crippen LogP contribution in [0.4, 0.5) is 0 Å². The maximum absolute atomic E-state index is 12.3. The highest BCUT2D eigenvalue weighted by Gasteiger charge is 2.11. The number of hydrogen-bond acceptors (Lipinski definition) is 3. The van der Waals surface area contributed by atoms with E-state index in [1.807, 2.05) is 18.2 Å². The van der Waals surface area contributed by atoms with E-state index in [9.17, 15) is 9.59 Å². The molecule has 0 saturated heterocycles. The van der Waals surface area contributed by atoms with E-state index in [2.05, 4.69) is 6.92 Å². The predicted octanol–water partition coefficient (Wildman–Crippen LogP) is 4.26. The molecule has 0 fully saturated rings. The Morgan fingerprint density at radius 1 is 0.818 bits per heavy atom. The summed E-state index contributed by atoms with van der Waals surface area (Å²) in [5.41, 5.74) is 1.67. The van der Waals surface area contributed by atoms with Crippen LogP contribution in [0.15, 0.2) is 54.6 Å². The van der Waals surface area contributed by atoms with Crippen molar-refractivity contribution in [1.29, 1.82) is 0 Å². The van der Waals surface area contributed by atoms with Crippen molar-refractivity contribution in [2.45, 2.75) is 26.2 Å². The molecule has 0 aliphatic heterocycles. The zero-order valence-corrected chi connectivity index (χ0v) is 12.7. The Hall–Kier alpha value is -2.42. The highest BCUT2D eigenvalue weighted by atomic mass is 16.5. The summed E-state index contributed by atoms with van der Waals surface area (Å²) in [6.45, 7) is 2.54. The van der Waals surface area contributed by atoms with E-state index >= 15 is 0 Å². The Morgan fingerprint density at radius 2 is 1.41 bits per heavy atom. The summed E-state index contributed by atoms with van der Waals surface area (Å²) < 4.78 is 5.19. The van der Waals surface area contributed by atoms with Gasteiger partial charge in [-0.2, -0.15) is 0 Å². The molecule has 0 bridgehead atoms. The topological polar surface area (TPSA) is 43.4 Å². The van der Waals surface area contributed by atoms with E-state index in [4.69, 9.17) is 4.74 Å². The zero-order chi connectivity index (χ0) is 15.8. The van der Waals surface area contributed by atoms with Gasteiger partial charge in [0.25, 0.3) is 0 Å². The van der Waals surface area contributed by atoms with E-state index in [0.29, 0.717) is 23.3 Å². The van der Waals surface area contributed by atoms with Gasteiger partial charge in [-0.1, -0.05) is 62.2 Å². The van der Waals surface area contributed by atoms with Gasteiger partial charge in [0.15, 0.2) is 5.78 Å². The second kappa shape index (κ2) is 8.13. The Labute approximate surface area is 130 Å². The maximum Gasteiger partial charge on any atom is 0.338 e. The van der Waals surface area contributed by atoms with Crippen LogP contribution in [0.2, 0.25) is 0 Å². The minimum atomic E-state index is -0.338. The summed E-state index contributed by atoms with van der Waals surface area (Å²) >= 11 is 0. The number of carbonyl (C=O) groups excluding carboxylic acids is 2. The van der Waals surface area contributed by atoms with Gasteiger partial charge < -0.3 is 4.74 Å². The van der Waals surface area contributed by atoms with Crippen LogP contribution >= 0.6 is 0 Å². The number of ether oxygens (including phenoxy) is 1. The lowest BCUT2D eigenvalue weighted by atomic mass is 10.0. The lowest BCUT2D eigenvalue weighted by Gasteiger charge is -2.05. The van der Waals surface area contributed by atoms with Crippen molar-refractivity contribution >= 4 is 11.8 Å².